The number of pyridine rings is 1. The zero-order valence-corrected chi connectivity index (χ0v) is 21.5. The largest absolute Gasteiger partial charge is 0.471 e. The minimum absolute atomic E-state index is 0.108. The number of carbonyl (C=O) groups excluding carboxylic acids is 1. The van der Waals surface area contributed by atoms with E-state index < -0.39 is 18.1 Å². The first-order chi connectivity index (χ1) is 16.9. The Labute approximate surface area is 211 Å². The molecule has 0 radical (unpaired) electrons. The molecule has 1 spiro atoms. The van der Waals surface area contributed by atoms with E-state index >= 15 is 0 Å². The summed E-state index contributed by atoms with van der Waals surface area (Å²) in [6.45, 7) is 7.74. The number of ether oxygens (including phenoxy) is 1. The van der Waals surface area contributed by atoms with Gasteiger partial charge in [0.05, 0.1) is 12.1 Å². The van der Waals surface area contributed by atoms with Gasteiger partial charge in [0.2, 0.25) is 17.7 Å². The van der Waals surface area contributed by atoms with Crippen molar-refractivity contribution < 1.29 is 23.4 Å². The van der Waals surface area contributed by atoms with Gasteiger partial charge in [-0.2, -0.15) is 9.37 Å². The number of halogens is 2. The van der Waals surface area contributed by atoms with Gasteiger partial charge in [-0.05, 0) is 61.3 Å². The van der Waals surface area contributed by atoms with Gasteiger partial charge in [-0.25, -0.2) is 4.39 Å². The number of nitrogens with one attached hydrogen (secondary N) is 2. The third kappa shape index (κ3) is 6.40. The summed E-state index contributed by atoms with van der Waals surface area (Å²) in [5.41, 5.74) is 1.55. The average molecular weight is 502 g/mol. The molecule has 1 aromatic carbocycles. The van der Waals surface area contributed by atoms with E-state index in [0.717, 1.165) is 24.8 Å². The van der Waals surface area contributed by atoms with Gasteiger partial charge in [0.15, 0.2) is 0 Å². The van der Waals surface area contributed by atoms with Crippen molar-refractivity contribution in [3.05, 3.63) is 58.8 Å². The van der Waals surface area contributed by atoms with E-state index in [0.29, 0.717) is 29.8 Å². The molecule has 196 valence electrons. The first-order valence-corrected chi connectivity index (χ1v) is 12.7. The highest BCUT2D eigenvalue weighted by Crippen LogP contribution is 2.48. The summed E-state index contributed by atoms with van der Waals surface area (Å²) >= 11 is 0. The Morgan fingerprint density at radius 1 is 1.28 bits per heavy atom. The summed E-state index contributed by atoms with van der Waals surface area (Å²) in [6.07, 6.45) is 3.41. The summed E-state index contributed by atoms with van der Waals surface area (Å²) in [6, 6.07) is 7.21. The smallest absolute Gasteiger partial charge is 0.221 e. The first-order valence-electron chi connectivity index (χ1n) is 12.7. The lowest BCUT2D eigenvalue weighted by molar-refractivity contribution is -0.120. The van der Waals surface area contributed by atoms with Crippen LogP contribution >= 0.6 is 0 Å². The van der Waals surface area contributed by atoms with Gasteiger partial charge in [0.1, 0.15) is 11.4 Å². The molecule has 1 saturated carbocycles. The monoisotopic (exact) mass is 501 g/mol. The molecule has 1 aliphatic carbocycles. The second-order valence-electron chi connectivity index (χ2n) is 11.6. The molecule has 1 aromatic heterocycles. The highest BCUT2D eigenvalue weighted by Gasteiger charge is 2.46. The Hall–Kier alpha value is -2.58. The fraction of sp³-hybridized carbons (Fsp3) is 0.571. The van der Waals surface area contributed by atoms with Gasteiger partial charge in [0.25, 0.3) is 0 Å². The number of fused-ring (bicyclic) bond motifs is 1. The second-order valence-corrected chi connectivity index (χ2v) is 11.6. The van der Waals surface area contributed by atoms with Gasteiger partial charge in [-0.15, -0.1) is 0 Å². The molecule has 3 N–H and O–H groups in total. The molecule has 1 aliphatic heterocycles. The van der Waals surface area contributed by atoms with Crippen molar-refractivity contribution in [3.8, 4) is 5.88 Å². The van der Waals surface area contributed by atoms with Crippen LogP contribution in [0.15, 0.2) is 30.3 Å². The van der Waals surface area contributed by atoms with Crippen LogP contribution in [0, 0.1) is 17.2 Å². The van der Waals surface area contributed by atoms with E-state index in [4.69, 9.17) is 4.74 Å². The lowest BCUT2D eigenvalue weighted by atomic mass is 9.73. The van der Waals surface area contributed by atoms with Crippen LogP contribution in [0.1, 0.15) is 76.1 Å². The van der Waals surface area contributed by atoms with Crippen LogP contribution in [0.25, 0.3) is 0 Å². The van der Waals surface area contributed by atoms with Gasteiger partial charge in [0, 0.05) is 37.1 Å². The molecule has 36 heavy (non-hydrogen) atoms. The van der Waals surface area contributed by atoms with Crippen molar-refractivity contribution in [2.45, 2.75) is 90.0 Å². The van der Waals surface area contributed by atoms with E-state index in [1.165, 1.54) is 19.1 Å². The third-order valence-electron chi connectivity index (χ3n) is 7.06. The standard InChI is InChI=1S/C28H37F2N3O3/c1-17(34)32-22(12-18-7-5-8-20(29)11-18)24(35)16-31-23-15-28(9-6-10-28)36-26-21(23)13-19(25(30)33-26)14-27(2,3)4/h5,7-8,11,13,22-24,31,35H,6,9-10,12,14-16H2,1-4H3,(H,32,34)/t22-,23-,24+/m0/s1. The van der Waals surface area contributed by atoms with E-state index in [1.807, 2.05) is 6.07 Å². The normalized spacial score (nSPS) is 20.1. The maximum absolute atomic E-state index is 14.9. The Kier molecular flexibility index (Phi) is 7.67. The molecule has 1 amide bonds. The van der Waals surface area contributed by atoms with Crippen molar-refractivity contribution in [1.82, 2.24) is 15.6 Å². The number of aliphatic hydroxyl groups is 1. The average Bonchev–Trinajstić information content (AvgIpc) is 2.75. The molecule has 0 bridgehead atoms. The molecule has 2 heterocycles. The lowest BCUT2D eigenvalue weighted by Gasteiger charge is -2.47. The number of amides is 1. The van der Waals surface area contributed by atoms with E-state index in [2.05, 4.69) is 36.4 Å². The van der Waals surface area contributed by atoms with Gasteiger partial charge in [-0.1, -0.05) is 32.9 Å². The fourth-order valence-corrected chi connectivity index (χ4v) is 5.22. The molecule has 0 unspecified atom stereocenters. The Morgan fingerprint density at radius 2 is 2.03 bits per heavy atom. The molecule has 2 aliphatic rings. The maximum Gasteiger partial charge on any atom is 0.221 e. The number of hydrogen-bond donors (Lipinski definition) is 3. The summed E-state index contributed by atoms with van der Waals surface area (Å²) < 4.78 is 34.8. The predicted octanol–water partition coefficient (Wildman–Crippen LogP) is 4.39. The number of aliphatic hydroxyl groups excluding tert-OH is 1. The second kappa shape index (κ2) is 10.4. The minimum atomic E-state index is -0.928. The van der Waals surface area contributed by atoms with Crippen LogP contribution < -0.4 is 15.4 Å². The topological polar surface area (TPSA) is 83.5 Å². The zero-order valence-electron chi connectivity index (χ0n) is 21.5. The lowest BCUT2D eigenvalue weighted by Crippen LogP contribution is -2.52. The molecule has 1 fully saturated rings. The highest BCUT2D eigenvalue weighted by molar-refractivity contribution is 5.73. The van der Waals surface area contributed by atoms with Crippen molar-refractivity contribution in [2.75, 3.05) is 6.54 Å². The van der Waals surface area contributed by atoms with E-state index in [9.17, 15) is 18.7 Å². The van der Waals surface area contributed by atoms with Crippen molar-refractivity contribution in [1.29, 1.82) is 0 Å². The van der Waals surface area contributed by atoms with Gasteiger partial charge < -0.3 is 20.5 Å². The maximum atomic E-state index is 14.9. The third-order valence-corrected chi connectivity index (χ3v) is 7.06. The molecule has 8 heteroatoms. The SMILES string of the molecule is CC(=O)N[C@@H](Cc1cccc(F)c1)[C@H](O)CN[C@H]1CC2(CCC2)Oc2nc(F)c(CC(C)(C)C)cc21. The van der Waals surface area contributed by atoms with Crippen LogP contribution in [-0.2, 0) is 17.6 Å². The fourth-order valence-electron chi connectivity index (χ4n) is 5.22. The number of rotatable bonds is 8. The number of aromatic nitrogens is 1. The quantitative estimate of drug-likeness (QED) is 0.467. The molecule has 0 saturated heterocycles. The number of nitrogens with zero attached hydrogens (tertiary/aromatic N) is 1. The minimum Gasteiger partial charge on any atom is -0.471 e. The Balaban J connectivity index is 1.53. The van der Waals surface area contributed by atoms with Gasteiger partial charge in [-0.3, -0.25) is 4.79 Å². The molecule has 6 nitrogen and oxygen atoms in total. The summed E-state index contributed by atoms with van der Waals surface area (Å²) in [7, 11) is 0. The predicted molar refractivity (Wildman–Crippen MR) is 134 cm³/mol. The molecule has 3 atom stereocenters. The van der Waals surface area contributed by atoms with Crippen molar-refractivity contribution in [3.63, 3.8) is 0 Å². The number of hydrogen-bond acceptors (Lipinski definition) is 5. The van der Waals surface area contributed by atoms with Crippen LogP contribution in [0.3, 0.4) is 0 Å². The zero-order chi connectivity index (χ0) is 26.1. The summed E-state index contributed by atoms with van der Waals surface area (Å²) in [5, 5.41) is 17.3. The summed E-state index contributed by atoms with van der Waals surface area (Å²) in [4.78, 5) is 16.0. The van der Waals surface area contributed by atoms with E-state index in [-0.39, 0.29) is 41.7 Å². The first kappa shape index (κ1) is 26.5. The van der Waals surface area contributed by atoms with Crippen LogP contribution in [0.5, 0.6) is 5.88 Å². The molecular weight excluding hydrogens is 464 g/mol. The van der Waals surface area contributed by atoms with Gasteiger partial charge >= 0.3 is 0 Å². The van der Waals surface area contributed by atoms with Crippen LogP contribution in [0.2, 0.25) is 0 Å². The van der Waals surface area contributed by atoms with Crippen molar-refractivity contribution >= 4 is 5.91 Å². The number of benzene rings is 1. The summed E-state index contributed by atoms with van der Waals surface area (Å²) in [5.74, 6) is -0.815. The van der Waals surface area contributed by atoms with Crippen molar-refractivity contribution in [2.24, 2.45) is 5.41 Å². The van der Waals surface area contributed by atoms with Crippen LogP contribution in [-0.4, -0.2) is 40.3 Å². The van der Waals surface area contributed by atoms with Crippen LogP contribution in [0.4, 0.5) is 8.78 Å². The highest BCUT2D eigenvalue weighted by atomic mass is 19.1. The molecule has 4 rings (SSSR count). The molecule has 2 aromatic rings. The van der Waals surface area contributed by atoms with E-state index in [1.54, 1.807) is 12.1 Å². The molecular formula is C28H37F2N3O3. The Morgan fingerprint density at radius 3 is 2.64 bits per heavy atom. The number of carbonyl (C=O) groups is 1. The Bertz CT molecular complexity index is 1100.